The Morgan fingerprint density at radius 2 is 2.10 bits per heavy atom. The molecule has 5 nitrogen and oxygen atoms in total. The molecule has 20 heavy (non-hydrogen) atoms. The Hall–Kier alpha value is -2.40. The molecule has 1 aromatic carbocycles. The second-order valence-corrected chi connectivity index (χ2v) is 4.86. The van der Waals surface area contributed by atoms with Gasteiger partial charge >= 0.3 is 0 Å². The third-order valence-corrected chi connectivity index (χ3v) is 3.67. The molecule has 0 bridgehead atoms. The summed E-state index contributed by atoms with van der Waals surface area (Å²) in [5, 5.41) is 3.80. The van der Waals surface area contributed by atoms with Crippen LogP contribution in [0.2, 0.25) is 0 Å². The predicted octanol–water partition coefficient (Wildman–Crippen LogP) is 1.79. The van der Waals surface area contributed by atoms with Gasteiger partial charge in [-0.1, -0.05) is 18.2 Å². The van der Waals surface area contributed by atoms with Crippen molar-refractivity contribution in [3.05, 3.63) is 58.1 Å². The molecule has 1 N–H and O–H groups in total. The van der Waals surface area contributed by atoms with Crippen molar-refractivity contribution in [2.24, 2.45) is 0 Å². The topological polar surface area (TPSA) is 59.9 Å². The lowest BCUT2D eigenvalue weighted by Crippen LogP contribution is -2.14. The summed E-state index contributed by atoms with van der Waals surface area (Å²) in [4.78, 5) is 16.9. The highest BCUT2D eigenvalue weighted by atomic mass is 16.5. The van der Waals surface area contributed by atoms with Crippen LogP contribution >= 0.6 is 0 Å². The van der Waals surface area contributed by atoms with Gasteiger partial charge in [-0.25, -0.2) is 4.68 Å². The van der Waals surface area contributed by atoms with E-state index < -0.39 is 0 Å². The van der Waals surface area contributed by atoms with E-state index in [4.69, 9.17) is 4.74 Å². The number of hydrogen-bond acceptors (Lipinski definition) is 3. The van der Waals surface area contributed by atoms with Crippen LogP contribution in [0.4, 0.5) is 0 Å². The van der Waals surface area contributed by atoms with Gasteiger partial charge in [0.15, 0.2) is 0 Å². The number of ether oxygens (including phenoxy) is 1. The normalized spacial score (nSPS) is 14.4. The Bertz CT molecular complexity index is 833. The largest absolute Gasteiger partial charge is 0.376 e. The summed E-state index contributed by atoms with van der Waals surface area (Å²) in [6, 6.07) is 9.53. The number of hydrogen-bond donors (Lipinski definition) is 1. The quantitative estimate of drug-likeness (QED) is 0.731. The fraction of sp³-hybridized carbons (Fsp3) is 0.200. The molecular formula is C15H13N3O2. The van der Waals surface area contributed by atoms with Gasteiger partial charge in [0.25, 0.3) is 5.56 Å². The van der Waals surface area contributed by atoms with E-state index >= 15 is 0 Å². The van der Waals surface area contributed by atoms with E-state index in [0.717, 1.165) is 28.9 Å². The number of fused-ring (bicyclic) bond motifs is 3. The molecule has 100 valence electrons. The van der Waals surface area contributed by atoms with Crippen LogP contribution in [0.5, 0.6) is 0 Å². The molecule has 0 atom stereocenters. The Balaban J connectivity index is 2.01. The van der Waals surface area contributed by atoms with Crippen molar-refractivity contribution in [2.45, 2.75) is 13.0 Å². The molecule has 0 unspecified atom stereocenters. The van der Waals surface area contributed by atoms with Gasteiger partial charge in [0.2, 0.25) is 0 Å². The van der Waals surface area contributed by atoms with E-state index in [1.807, 2.05) is 30.3 Å². The van der Waals surface area contributed by atoms with Gasteiger partial charge in [-0.15, -0.1) is 0 Å². The van der Waals surface area contributed by atoms with Gasteiger partial charge in [-0.2, -0.15) is 0 Å². The number of pyridine rings is 1. The molecule has 0 radical (unpaired) electrons. The summed E-state index contributed by atoms with van der Waals surface area (Å²) in [7, 11) is 0. The molecule has 0 spiro atoms. The first-order chi connectivity index (χ1) is 9.84. The van der Waals surface area contributed by atoms with Crippen LogP contribution in [0.3, 0.4) is 0 Å². The van der Waals surface area contributed by atoms with Crippen molar-refractivity contribution in [1.29, 1.82) is 0 Å². The maximum atomic E-state index is 12.5. The molecule has 0 saturated heterocycles. The lowest BCUT2D eigenvalue weighted by Gasteiger charge is -2.15. The summed E-state index contributed by atoms with van der Waals surface area (Å²) in [6.45, 7) is 1.20. The Labute approximate surface area is 114 Å². The minimum Gasteiger partial charge on any atom is -0.376 e. The van der Waals surface area contributed by atoms with Gasteiger partial charge in [0.05, 0.1) is 35.5 Å². The van der Waals surface area contributed by atoms with Crippen LogP contribution in [-0.4, -0.2) is 21.4 Å². The maximum absolute atomic E-state index is 12.5. The third-order valence-electron chi connectivity index (χ3n) is 3.67. The average Bonchev–Trinajstić information content (AvgIpc) is 2.86. The van der Waals surface area contributed by atoms with Crippen LogP contribution < -0.4 is 5.56 Å². The number of rotatable bonds is 1. The van der Waals surface area contributed by atoms with Crippen molar-refractivity contribution < 1.29 is 4.74 Å². The molecule has 0 aliphatic carbocycles. The van der Waals surface area contributed by atoms with Crippen molar-refractivity contribution in [3.63, 3.8) is 0 Å². The number of nitrogens with one attached hydrogen (secondary N) is 1. The Kier molecular flexibility index (Phi) is 2.47. The summed E-state index contributed by atoms with van der Waals surface area (Å²) in [5.74, 6) is 0. The molecule has 2 aromatic heterocycles. The summed E-state index contributed by atoms with van der Waals surface area (Å²) >= 11 is 0. The molecule has 5 heteroatoms. The monoisotopic (exact) mass is 267 g/mol. The smallest absolute Gasteiger partial charge is 0.280 e. The van der Waals surface area contributed by atoms with Gasteiger partial charge in [-0.05, 0) is 12.1 Å². The van der Waals surface area contributed by atoms with E-state index in [2.05, 4.69) is 10.1 Å². The molecular weight excluding hydrogens is 254 g/mol. The zero-order chi connectivity index (χ0) is 13.5. The second-order valence-electron chi connectivity index (χ2n) is 4.86. The number of nitrogens with zero attached hydrogens (tertiary/aromatic N) is 2. The summed E-state index contributed by atoms with van der Waals surface area (Å²) < 4.78 is 7.04. The van der Waals surface area contributed by atoms with Crippen molar-refractivity contribution in [3.8, 4) is 5.69 Å². The van der Waals surface area contributed by atoms with Gasteiger partial charge < -0.3 is 4.74 Å². The zero-order valence-electron chi connectivity index (χ0n) is 10.8. The number of H-pyrrole nitrogens is 1. The van der Waals surface area contributed by atoms with Crippen molar-refractivity contribution in [2.75, 3.05) is 6.61 Å². The Morgan fingerprint density at radius 1 is 1.25 bits per heavy atom. The highest BCUT2D eigenvalue weighted by Gasteiger charge is 2.18. The molecule has 0 fully saturated rings. The number of para-hydroxylation sites is 1. The molecule has 1 aliphatic rings. The standard InChI is InChI=1S/C15H13N3O2/c19-15-11-8-16-13-6-7-20-9-12(13)14(11)17-18(15)10-4-2-1-3-5-10/h1-5,8,17H,6-7,9H2. The highest BCUT2D eigenvalue weighted by Crippen LogP contribution is 2.22. The van der Waals surface area contributed by atoms with Gasteiger partial charge in [0, 0.05) is 18.2 Å². The molecule has 0 saturated carbocycles. The fourth-order valence-corrected chi connectivity index (χ4v) is 2.64. The SMILES string of the molecule is O=c1c2cnc3c(c2[nH]n1-c1ccccc1)COCC3. The summed E-state index contributed by atoms with van der Waals surface area (Å²) in [5.41, 5.74) is 3.60. The number of aromatic amines is 1. The molecule has 1 aliphatic heterocycles. The van der Waals surface area contributed by atoms with Gasteiger partial charge in [0.1, 0.15) is 0 Å². The van der Waals surface area contributed by atoms with E-state index in [1.165, 1.54) is 0 Å². The maximum Gasteiger partial charge on any atom is 0.280 e. The lowest BCUT2D eigenvalue weighted by atomic mass is 10.1. The minimum atomic E-state index is -0.0768. The number of benzene rings is 1. The number of aromatic nitrogens is 3. The predicted molar refractivity (Wildman–Crippen MR) is 75.1 cm³/mol. The summed E-state index contributed by atoms with van der Waals surface area (Å²) in [6.07, 6.45) is 2.46. The molecule has 3 aromatic rings. The average molecular weight is 267 g/mol. The second kappa shape index (κ2) is 4.31. The van der Waals surface area contributed by atoms with Crippen LogP contribution in [0.25, 0.3) is 16.6 Å². The van der Waals surface area contributed by atoms with E-state index in [0.29, 0.717) is 18.6 Å². The molecule has 3 heterocycles. The van der Waals surface area contributed by atoms with Crippen LogP contribution in [0.15, 0.2) is 41.3 Å². The zero-order valence-corrected chi connectivity index (χ0v) is 10.8. The van der Waals surface area contributed by atoms with Crippen molar-refractivity contribution in [1.82, 2.24) is 14.8 Å². The van der Waals surface area contributed by atoms with Crippen molar-refractivity contribution >= 4 is 10.9 Å². The first-order valence-corrected chi connectivity index (χ1v) is 6.59. The fourth-order valence-electron chi connectivity index (χ4n) is 2.64. The Morgan fingerprint density at radius 3 is 2.95 bits per heavy atom. The van der Waals surface area contributed by atoms with E-state index in [1.54, 1.807) is 10.9 Å². The van der Waals surface area contributed by atoms with Crippen LogP contribution in [0.1, 0.15) is 11.3 Å². The van der Waals surface area contributed by atoms with Crippen LogP contribution in [0, 0.1) is 0 Å². The van der Waals surface area contributed by atoms with Gasteiger partial charge in [-0.3, -0.25) is 14.9 Å². The van der Waals surface area contributed by atoms with Crippen LogP contribution in [-0.2, 0) is 17.8 Å². The molecule has 0 amide bonds. The van der Waals surface area contributed by atoms with E-state index in [-0.39, 0.29) is 5.56 Å². The molecule has 4 rings (SSSR count). The lowest BCUT2D eigenvalue weighted by molar-refractivity contribution is 0.110. The van der Waals surface area contributed by atoms with E-state index in [9.17, 15) is 4.79 Å². The first-order valence-electron chi connectivity index (χ1n) is 6.59. The first kappa shape index (κ1) is 11.4. The third kappa shape index (κ3) is 1.60. The highest BCUT2D eigenvalue weighted by molar-refractivity contribution is 5.81. The minimum absolute atomic E-state index is 0.0768.